The van der Waals surface area contributed by atoms with E-state index in [1.165, 1.54) is 12.1 Å². The van der Waals surface area contributed by atoms with Crippen molar-refractivity contribution >= 4 is 26.6 Å². The fourth-order valence-corrected chi connectivity index (χ4v) is 4.03. The van der Waals surface area contributed by atoms with Crippen molar-refractivity contribution in [2.24, 2.45) is 0 Å². The zero-order chi connectivity index (χ0) is 19.0. The van der Waals surface area contributed by atoms with Gasteiger partial charge < -0.3 is 0 Å². The van der Waals surface area contributed by atoms with Crippen LogP contribution in [0, 0.1) is 12.7 Å². The molecule has 0 bridgehead atoms. The van der Waals surface area contributed by atoms with Gasteiger partial charge in [0.05, 0.1) is 22.3 Å². The normalized spacial score (nSPS) is 11.6. The summed E-state index contributed by atoms with van der Waals surface area (Å²) in [6.07, 6.45) is 1.64. The van der Waals surface area contributed by atoms with E-state index in [0.717, 1.165) is 22.2 Å². The molecule has 0 fully saturated rings. The van der Waals surface area contributed by atoms with Crippen LogP contribution in [0.5, 0.6) is 0 Å². The lowest BCUT2D eigenvalue weighted by Crippen LogP contribution is -2.13. The summed E-state index contributed by atoms with van der Waals surface area (Å²) in [4.78, 5) is 0.213. The summed E-state index contributed by atoms with van der Waals surface area (Å²) in [6.45, 7) is 1.84. The van der Waals surface area contributed by atoms with Crippen LogP contribution in [0.15, 0.2) is 77.8 Å². The minimum absolute atomic E-state index is 0.213. The van der Waals surface area contributed by atoms with Crippen molar-refractivity contribution in [3.05, 3.63) is 84.3 Å². The number of aryl methyl sites for hydroxylation is 1. The molecule has 3 aromatic carbocycles. The molecule has 4 rings (SSSR count). The van der Waals surface area contributed by atoms with E-state index in [9.17, 15) is 12.8 Å². The van der Waals surface area contributed by atoms with Crippen LogP contribution in [-0.4, -0.2) is 18.2 Å². The largest absolute Gasteiger partial charge is 0.280 e. The van der Waals surface area contributed by atoms with Gasteiger partial charge in [-0.3, -0.25) is 4.72 Å². The van der Waals surface area contributed by atoms with Crippen LogP contribution >= 0.6 is 0 Å². The number of nitrogens with one attached hydrogen (secondary N) is 1. The van der Waals surface area contributed by atoms with Crippen LogP contribution in [0.3, 0.4) is 0 Å². The van der Waals surface area contributed by atoms with Crippen LogP contribution in [0.4, 0.5) is 10.1 Å². The smallest absolute Gasteiger partial charge is 0.261 e. The first-order valence-electron chi connectivity index (χ1n) is 8.26. The Kier molecular flexibility index (Phi) is 4.16. The number of sulfonamides is 1. The monoisotopic (exact) mass is 381 g/mol. The number of fused-ring (bicyclic) bond motifs is 1. The van der Waals surface area contributed by atoms with Crippen molar-refractivity contribution < 1.29 is 12.8 Å². The van der Waals surface area contributed by atoms with Crippen LogP contribution < -0.4 is 4.72 Å². The third-order valence-electron chi connectivity index (χ3n) is 4.19. The van der Waals surface area contributed by atoms with Gasteiger partial charge in [0.25, 0.3) is 10.0 Å². The molecule has 0 unspecified atom stereocenters. The molecule has 5 nitrogen and oxygen atoms in total. The number of anilines is 1. The molecule has 0 aliphatic rings. The van der Waals surface area contributed by atoms with Crippen LogP contribution in [0.1, 0.15) is 5.56 Å². The quantitative estimate of drug-likeness (QED) is 0.574. The predicted molar refractivity (Wildman–Crippen MR) is 103 cm³/mol. The summed E-state index contributed by atoms with van der Waals surface area (Å²) < 4.78 is 42.6. The van der Waals surface area contributed by atoms with Crippen molar-refractivity contribution in [2.75, 3.05) is 4.72 Å². The molecule has 136 valence electrons. The molecule has 0 radical (unpaired) electrons. The molecule has 4 aromatic rings. The third kappa shape index (κ3) is 3.41. The van der Waals surface area contributed by atoms with Gasteiger partial charge in [0.15, 0.2) is 0 Å². The molecular formula is C20H16FN3O2S. The van der Waals surface area contributed by atoms with Gasteiger partial charge in [-0.1, -0.05) is 12.1 Å². The topological polar surface area (TPSA) is 64.0 Å². The summed E-state index contributed by atoms with van der Waals surface area (Å²) in [6, 6.07) is 17.9. The van der Waals surface area contributed by atoms with E-state index in [-0.39, 0.29) is 10.7 Å². The predicted octanol–water partition coefficient (Wildman–Crippen LogP) is 4.27. The second-order valence-electron chi connectivity index (χ2n) is 6.23. The Hall–Kier alpha value is -3.19. The van der Waals surface area contributed by atoms with Gasteiger partial charge in [-0.25, -0.2) is 17.5 Å². The molecule has 1 N–H and O–H groups in total. The van der Waals surface area contributed by atoms with Gasteiger partial charge in [0.1, 0.15) is 5.82 Å². The van der Waals surface area contributed by atoms with E-state index in [1.807, 2.05) is 13.0 Å². The third-order valence-corrected chi connectivity index (χ3v) is 5.57. The highest BCUT2D eigenvalue weighted by molar-refractivity contribution is 7.92. The highest BCUT2D eigenvalue weighted by atomic mass is 32.2. The molecule has 0 aliphatic heterocycles. The lowest BCUT2D eigenvalue weighted by Gasteiger charge is -2.09. The Balaban J connectivity index is 1.68. The van der Waals surface area contributed by atoms with E-state index in [0.29, 0.717) is 5.69 Å². The van der Waals surface area contributed by atoms with Crippen molar-refractivity contribution in [1.29, 1.82) is 0 Å². The fourth-order valence-electron chi connectivity index (χ4n) is 2.88. The molecule has 0 atom stereocenters. The Morgan fingerprint density at radius 1 is 1.00 bits per heavy atom. The maximum atomic E-state index is 13.1. The first-order chi connectivity index (χ1) is 12.9. The van der Waals surface area contributed by atoms with Gasteiger partial charge in [-0.15, -0.1) is 0 Å². The summed E-state index contributed by atoms with van der Waals surface area (Å²) >= 11 is 0. The molecule has 0 spiro atoms. The Labute approximate surface area is 156 Å². The lowest BCUT2D eigenvalue weighted by atomic mass is 10.2. The highest BCUT2D eigenvalue weighted by Crippen LogP contribution is 2.24. The number of hydrogen-bond acceptors (Lipinski definition) is 3. The van der Waals surface area contributed by atoms with E-state index in [1.54, 1.807) is 59.4 Å². The van der Waals surface area contributed by atoms with Gasteiger partial charge in [0, 0.05) is 11.1 Å². The van der Waals surface area contributed by atoms with Crippen molar-refractivity contribution in [1.82, 2.24) is 9.78 Å². The van der Waals surface area contributed by atoms with Crippen LogP contribution in [0.25, 0.3) is 16.6 Å². The highest BCUT2D eigenvalue weighted by Gasteiger charge is 2.15. The Morgan fingerprint density at radius 3 is 2.52 bits per heavy atom. The second-order valence-corrected chi connectivity index (χ2v) is 7.91. The summed E-state index contributed by atoms with van der Waals surface area (Å²) in [5.74, 6) is -0.317. The van der Waals surface area contributed by atoms with Gasteiger partial charge >= 0.3 is 0 Å². The van der Waals surface area contributed by atoms with Gasteiger partial charge in [0.2, 0.25) is 0 Å². The number of hydrogen-bond donors (Lipinski definition) is 1. The maximum absolute atomic E-state index is 13.1. The first kappa shape index (κ1) is 17.2. The number of rotatable bonds is 4. The summed E-state index contributed by atoms with van der Waals surface area (Å²) in [5.41, 5.74) is 2.83. The zero-order valence-corrected chi connectivity index (χ0v) is 15.2. The van der Waals surface area contributed by atoms with Gasteiger partial charge in [-0.2, -0.15) is 5.10 Å². The number of halogens is 1. The number of aromatic nitrogens is 2. The number of nitrogens with zero attached hydrogens (tertiary/aromatic N) is 2. The summed E-state index contributed by atoms with van der Waals surface area (Å²) in [5, 5.41) is 5.09. The summed E-state index contributed by atoms with van der Waals surface area (Å²) in [7, 11) is -3.67. The minimum atomic E-state index is -3.67. The second kappa shape index (κ2) is 6.51. The molecule has 7 heteroatoms. The van der Waals surface area contributed by atoms with E-state index in [2.05, 4.69) is 9.82 Å². The lowest BCUT2D eigenvalue weighted by molar-refractivity contribution is 0.601. The van der Waals surface area contributed by atoms with Gasteiger partial charge in [-0.05, 0) is 67.1 Å². The minimum Gasteiger partial charge on any atom is -0.280 e. The molecule has 27 heavy (non-hydrogen) atoms. The zero-order valence-electron chi connectivity index (χ0n) is 14.4. The molecule has 0 saturated heterocycles. The molecule has 1 heterocycles. The van der Waals surface area contributed by atoms with E-state index in [4.69, 9.17) is 0 Å². The van der Waals surface area contributed by atoms with Crippen molar-refractivity contribution in [3.8, 4) is 5.69 Å². The fraction of sp³-hybridized carbons (Fsp3) is 0.0500. The van der Waals surface area contributed by atoms with Crippen molar-refractivity contribution in [3.63, 3.8) is 0 Å². The maximum Gasteiger partial charge on any atom is 0.261 e. The molecule has 1 aromatic heterocycles. The van der Waals surface area contributed by atoms with Crippen LogP contribution in [-0.2, 0) is 10.0 Å². The standard InChI is InChI=1S/C20H16FN3O2S/c1-14-3-2-4-19(11-14)27(25,26)23-17-7-10-20-15(12-17)13-22-24(20)18-8-5-16(21)6-9-18/h2-13,23H,1H3. The van der Waals surface area contributed by atoms with Crippen molar-refractivity contribution in [2.45, 2.75) is 11.8 Å². The first-order valence-corrected chi connectivity index (χ1v) is 9.74. The average Bonchev–Trinajstić information content (AvgIpc) is 3.05. The molecule has 0 aliphatic carbocycles. The molecule has 0 amide bonds. The number of benzene rings is 3. The Bertz CT molecular complexity index is 1230. The molecular weight excluding hydrogens is 365 g/mol. The average molecular weight is 381 g/mol. The van der Waals surface area contributed by atoms with Crippen LogP contribution in [0.2, 0.25) is 0 Å². The van der Waals surface area contributed by atoms with E-state index >= 15 is 0 Å². The van der Waals surface area contributed by atoms with E-state index < -0.39 is 10.0 Å². The molecule has 0 saturated carbocycles. The SMILES string of the molecule is Cc1cccc(S(=O)(=O)Nc2ccc3c(cnn3-c3ccc(F)cc3)c2)c1. The Morgan fingerprint density at radius 2 is 1.78 bits per heavy atom.